The van der Waals surface area contributed by atoms with Gasteiger partial charge in [0.15, 0.2) is 0 Å². The van der Waals surface area contributed by atoms with Crippen molar-refractivity contribution in [2.24, 2.45) is 0 Å². The molecule has 2 rings (SSSR count). The van der Waals surface area contributed by atoms with E-state index >= 15 is 0 Å². The molecule has 0 spiro atoms. The Morgan fingerprint density at radius 2 is 2.00 bits per heavy atom. The van der Waals surface area contributed by atoms with Gasteiger partial charge in [-0.1, -0.05) is 19.1 Å². The van der Waals surface area contributed by atoms with Gasteiger partial charge in [-0.3, -0.25) is 4.90 Å². The zero-order valence-electron chi connectivity index (χ0n) is 11.5. The Kier molecular flexibility index (Phi) is 5.54. The lowest BCUT2D eigenvalue weighted by Gasteiger charge is -2.30. The fourth-order valence-electron chi connectivity index (χ4n) is 2.71. The molecule has 1 aromatic carbocycles. The predicted molar refractivity (Wildman–Crippen MR) is 80.3 cm³/mol. The Morgan fingerprint density at radius 3 is 2.67 bits per heavy atom. The maximum atomic E-state index is 3.48. The molecule has 1 N–H and O–H groups in total. The zero-order valence-corrected chi connectivity index (χ0v) is 12.3. The molecule has 1 atom stereocenters. The summed E-state index contributed by atoms with van der Waals surface area (Å²) in [5.74, 6) is 0. The number of hydrogen-bond donors (Lipinski definition) is 1. The quantitative estimate of drug-likeness (QED) is 0.841. The Bertz CT molecular complexity index is 342. The van der Waals surface area contributed by atoms with Crippen LogP contribution in [0.1, 0.15) is 31.4 Å². The van der Waals surface area contributed by atoms with Crippen LogP contribution in [0.25, 0.3) is 0 Å². The lowest BCUT2D eigenvalue weighted by molar-refractivity contribution is 0.205. The van der Waals surface area contributed by atoms with Crippen LogP contribution < -0.4 is 5.32 Å². The van der Waals surface area contributed by atoms with Crippen LogP contribution in [0, 0.1) is 0 Å². The van der Waals surface area contributed by atoms with Gasteiger partial charge in [0.25, 0.3) is 0 Å². The summed E-state index contributed by atoms with van der Waals surface area (Å²) in [7, 11) is 0. The second-order valence-electron chi connectivity index (χ2n) is 4.84. The van der Waals surface area contributed by atoms with E-state index in [1.54, 1.807) is 0 Å². The van der Waals surface area contributed by atoms with Gasteiger partial charge in [0.2, 0.25) is 0 Å². The number of hydrogen-bond acceptors (Lipinski definition) is 3. The smallest absolute Gasteiger partial charge is 0.0346 e. The summed E-state index contributed by atoms with van der Waals surface area (Å²) in [4.78, 5) is 3.99. The zero-order chi connectivity index (χ0) is 12.8. The number of nitrogens with zero attached hydrogens (tertiary/aromatic N) is 1. The van der Waals surface area contributed by atoms with Gasteiger partial charge in [-0.15, -0.1) is 11.8 Å². The van der Waals surface area contributed by atoms with Crippen molar-refractivity contribution in [3.8, 4) is 0 Å². The first-order valence-electron chi connectivity index (χ1n) is 6.94. The average Bonchev–Trinajstić information content (AvgIpc) is 2.70. The van der Waals surface area contributed by atoms with Gasteiger partial charge >= 0.3 is 0 Å². The highest BCUT2D eigenvalue weighted by Gasteiger charge is 2.19. The molecule has 1 fully saturated rings. The van der Waals surface area contributed by atoms with Crippen LogP contribution in [0.3, 0.4) is 0 Å². The highest BCUT2D eigenvalue weighted by molar-refractivity contribution is 7.98. The second-order valence-corrected chi connectivity index (χ2v) is 5.72. The van der Waals surface area contributed by atoms with E-state index in [2.05, 4.69) is 47.7 Å². The molecule has 1 unspecified atom stereocenters. The molecule has 100 valence electrons. The molecule has 0 saturated carbocycles. The van der Waals surface area contributed by atoms with E-state index in [0.29, 0.717) is 6.04 Å². The number of thioether (sulfide) groups is 1. The van der Waals surface area contributed by atoms with E-state index in [9.17, 15) is 0 Å². The molecule has 1 saturated heterocycles. The summed E-state index contributed by atoms with van der Waals surface area (Å²) in [5.41, 5.74) is 1.47. The van der Waals surface area contributed by atoms with E-state index in [1.807, 2.05) is 11.8 Å². The molecule has 0 aliphatic carbocycles. The highest BCUT2D eigenvalue weighted by atomic mass is 32.2. The van der Waals surface area contributed by atoms with Gasteiger partial charge in [0, 0.05) is 30.6 Å². The number of nitrogens with one attached hydrogen (secondary N) is 1. The van der Waals surface area contributed by atoms with E-state index in [0.717, 1.165) is 6.54 Å². The maximum absolute atomic E-state index is 3.48. The molecule has 3 heteroatoms. The van der Waals surface area contributed by atoms with Gasteiger partial charge in [-0.05, 0) is 43.3 Å². The van der Waals surface area contributed by atoms with Crippen molar-refractivity contribution in [3.63, 3.8) is 0 Å². The van der Waals surface area contributed by atoms with Crippen LogP contribution in [-0.2, 0) is 0 Å². The third kappa shape index (κ3) is 3.50. The molecule has 1 aliphatic rings. The summed E-state index contributed by atoms with van der Waals surface area (Å²) in [6.45, 7) is 6.97. The topological polar surface area (TPSA) is 15.3 Å². The fourth-order valence-corrected chi connectivity index (χ4v) is 3.12. The van der Waals surface area contributed by atoms with E-state index in [4.69, 9.17) is 0 Å². The van der Waals surface area contributed by atoms with Crippen LogP contribution in [0.4, 0.5) is 0 Å². The lowest BCUT2D eigenvalue weighted by Crippen LogP contribution is -2.32. The molecule has 1 heterocycles. The molecule has 0 radical (unpaired) electrons. The van der Waals surface area contributed by atoms with Gasteiger partial charge in [0.05, 0.1) is 0 Å². The Morgan fingerprint density at radius 1 is 1.22 bits per heavy atom. The average molecular weight is 264 g/mol. The second kappa shape index (κ2) is 7.17. The van der Waals surface area contributed by atoms with Gasteiger partial charge in [-0.25, -0.2) is 0 Å². The van der Waals surface area contributed by atoms with Crippen molar-refractivity contribution < 1.29 is 0 Å². The first-order valence-corrected chi connectivity index (χ1v) is 8.16. The molecule has 18 heavy (non-hydrogen) atoms. The normalized spacial score (nSPS) is 19.4. The first-order chi connectivity index (χ1) is 8.85. The minimum absolute atomic E-state index is 0.584. The third-order valence-electron chi connectivity index (χ3n) is 3.70. The van der Waals surface area contributed by atoms with Gasteiger partial charge in [0.1, 0.15) is 0 Å². The van der Waals surface area contributed by atoms with Crippen molar-refractivity contribution in [2.45, 2.75) is 30.7 Å². The molecule has 0 amide bonds. The molecule has 1 aromatic rings. The minimum atomic E-state index is 0.584. The van der Waals surface area contributed by atoms with Crippen molar-refractivity contribution in [1.29, 1.82) is 0 Å². The van der Waals surface area contributed by atoms with Crippen molar-refractivity contribution >= 4 is 11.8 Å². The molecule has 1 aliphatic heterocycles. The predicted octanol–water partition coefficient (Wildman–Crippen LogP) is 3.15. The summed E-state index contributed by atoms with van der Waals surface area (Å²) < 4.78 is 0. The van der Waals surface area contributed by atoms with Gasteiger partial charge in [-0.2, -0.15) is 0 Å². The fraction of sp³-hybridized carbons (Fsp3) is 0.600. The molecule has 0 aromatic heterocycles. The minimum Gasteiger partial charge on any atom is -0.315 e. The van der Waals surface area contributed by atoms with E-state index in [-0.39, 0.29) is 0 Å². The van der Waals surface area contributed by atoms with Crippen LogP contribution in [0.5, 0.6) is 0 Å². The Labute approximate surface area is 115 Å². The van der Waals surface area contributed by atoms with Crippen LogP contribution >= 0.6 is 11.8 Å². The lowest BCUT2D eigenvalue weighted by atomic mass is 10.0. The SMILES string of the molecule is CCC(c1ccc(SC)cc1)N1CCCNCC1. The summed E-state index contributed by atoms with van der Waals surface area (Å²) in [6, 6.07) is 9.69. The van der Waals surface area contributed by atoms with Crippen LogP contribution in [0.2, 0.25) is 0 Å². The van der Waals surface area contributed by atoms with E-state index < -0.39 is 0 Å². The van der Waals surface area contributed by atoms with Gasteiger partial charge < -0.3 is 5.32 Å². The monoisotopic (exact) mass is 264 g/mol. The summed E-state index contributed by atoms with van der Waals surface area (Å²) in [6.07, 6.45) is 4.59. The summed E-state index contributed by atoms with van der Waals surface area (Å²) >= 11 is 1.81. The largest absolute Gasteiger partial charge is 0.315 e. The number of rotatable bonds is 4. The number of benzene rings is 1. The Balaban J connectivity index is 2.10. The molecule has 2 nitrogen and oxygen atoms in total. The standard InChI is InChI=1S/C15H24N2S/c1-3-15(17-11-4-9-16-10-12-17)13-5-7-14(18-2)8-6-13/h5-8,15-16H,3-4,9-12H2,1-2H3. The van der Waals surface area contributed by atoms with Crippen molar-refractivity contribution in [3.05, 3.63) is 29.8 Å². The van der Waals surface area contributed by atoms with Crippen LogP contribution in [-0.4, -0.2) is 37.3 Å². The third-order valence-corrected chi connectivity index (χ3v) is 4.45. The first kappa shape index (κ1) is 13.9. The van der Waals surface area contributed by atoms with Crippen molar-refractivity contribution in [2.75, 3.05) is 32.4 Å². The highest BCUT2D eigenvalue weighted by Crippen LogP contribution is 2.26. The van der Waals surface area contributed by atoms with Crippen LogP contribution in [0.15, 0.2) is 29.2 Å². The maximum Gasteiger partial charge on any atom is 0.0346 e. The molecular weight excluding hydrogens is 240 g/mol. The Hall–Kier alpha value is -0.510. The summed E-state index contributed by atoms with van der Waals surface area (Å²) in [5, 5.41) is 3.48. The van der Waals surface area contributed by atoms with Crippen molar-refractivity contribution in [1.82, 2.24) is 10.2 Å². The van der Waals surface area contributed by atoms with E-state index in [1.165, 1.54) is 42.9 Å². The molecular formula is C15H24N2S. The molecule has 0 bridgehead atoms.